The van der Waals surface area contributed by atoms with Crippen LogP contribution in [0.2, 0.25) is 0 Å². The molecule has 0 fully saturated rings. The second-order valence-electron chi connectivity index (χ2n) is 3.22. The molecule has 13 heavy (non-hydrogen) atoms. The van der Waals surface area contributed by atoms with Gasteiger partial charge < -0.3 is 4.89 Å². The van der Waals surface area contributed by atoms with Crippen molar-refractivity contribution < 1.29 is 9.46 Å². The second kappa shape index (κ2) is 3.50. The molecule has 0 aromatic carbocycles. The summed E-state index contributed by atoms with van der Waals surface area (Å²) < 4.78 is 11.5. The molecule has 0 aliphatic heterocycles. The predicted octanol–water partition coefficient (Wildman–Crippen LogP) is 1.34. The van der Waals surface area contributed by atoms with Gasteiger partial charge in [-0.1, -0.05) is 13.8 Å². The minimum absolute atomic E-state index is 0.268. The van der Waals surface area contributed by atoms with Gasteiger partial charge in [0, 0.05) is 5.92 Å². The molecule has 0 bridgehead atoms. The molecular formula is C7H13N2O2PS. The van der Waals surface area contributed by atoms with Crippen LogP contribution < -0.4 is 10.1 Å². The van der Waals surface area contributed by atoms with E-state index in [1.165, 1.54) is 11.3 Å². The monoisotopic (exact) mass is 220 g/mol. The maximum absolute atomic E-state index is 11.2. The van der Waals surface area contributed by atoms with Crippen LogP contribution in [0.1, 0.15) is 30.5 Å². The Kier molecular flexibility index (Phi) is 2.92. The van der Waals surface area contributed by atoms with Crippen LogP contribution in [-0.2, 0) is 4.57 Å². The van der Waals surface area contributed by atoms with Gasteiger partial charge in [0.15, 0.2) is 0 Å². The molecule has 0 amide bonds. The SMILES string of the molecule is Cc1nc(C(C)C)sc1P(N)(=O)O. The lowest BCUT2D eigenvalue weighted by Crippen LogP contribution is -2.09. The van der Waals surface area contributed by atoms with Gasteiger partial charge in [0.25, 0.3) is 0 Å². The van der Waals surface area contributed by atoms with Crippen LogP contribution in [0.15, 0.2) is 0 Å². The highest BCUT2D eigenvalue weighted by Gasteiger charge is 2.23. The Morgan fingerprint density at radius 2 is 2.15 bits per heavy atom. The number of thiazole rings is 1. The molecule has 74 valence electrons. The van der Waals surface area contributed by atoms with E-state index in [4.69, 9.17) is 10.4 Å². The summed E-state index contributed by atoms with van der Waals surface area (Å²) >= 11 is 1.23. The molecular weight excluding hydrogens is 207 g/mol. The molecule has 0 aliphatic rings. The van der Waals surface area contributed by atoms with E-state index in [1.54, 1.807) is 6.92 Å². The average molecular weight is 220 g/mol. The van der Waals surface area contributed by atoms with Gasteiger partial charge in [0.1, 0.15) is 4.62 Å². The van der Waals surface area contributed by atoms with Gasteiger partial charge in [-0.05, 0) is 6.92 Å². The molecule has 4 nitrogen and oxygen atoms in total. The first kappa shape index (κ1) is 10.9. The van der Waals surface area contributed by atoms with Crippen molar-refractivity contribution in [2.45, 2.75) is 26.7 Å². The van der Waals surface area contributed by atoms with Crippen molar-refractivity contribution in [3.05, 3.63) is 10.7 Å². The smallest absolute Gasteiger partial charge is 0.306 e. The summed E-state index contributed by atoms with van der Waals surface area (Å²) in [5, 5.41) is 0.854. The summed E-state index contributed by atoms with van der Waals surface area (Å²) in [5.74, 6) is 0.268. The first-order valence-corrected chi connectivity index (χ1v) is 6.46. The van der Waals surface area contributed by atoms with Crippen LogP contribution in [0, 0.1) is 6.92 Å². The standard InChI is InChI=1S/C7H13N2O2PS/c1-4(2)6-9-5(3)7(13-6)12(8,10)11/h4H,1-3H3,(H3,8,10,11). The first-order chi connectivity index (χ1) is 5.82. The third-order valence-corrected chi connectivity index (χ3v) is 4.80. The maximum Gasteiger partial charge on any atom is 0.306 e. The highest BCUT2D eigenvalue weighted by atomic mass is 32.1. The topological polar surface area (TPSA) is 76.2 Å². The van der Waals surface area contributed by atoms with Gasteiger partial charge in [-0.25, -0.2) is 4.98 Å². The van der Waals surface area contributed by atoms with Gasteiger partial charge >= 0.3 is 7.52 Å². The van der Waals surface area contributed by atoms with Crippen molar-refractivity contribution in [3.63, 3.8) is 0 Å². The highest BCUT2D eigenvalue weighted by Crippen LogP contribution is 2.34. The molecule has 0 radical (unpaired) electrons. The number of aryl methyl sites for hydroxylation is 1. The van der Waals surface area contributed by atoms with Crippen molar-refractivity contribution in [1.29, 1.82) is 0 Å². The average Bonchev–Trinajstić information content (AvgIpc) is 2.29. The maximum atomic E-state index is 11.2. The fourth-order valence-corrected chi connectivity index (χ4v) is 3.08. The number of hydrogen-bond acceptors (Lipinski definition) is 3. The summed E-state index contributed by atoms with van der Waals surface area (Å²) in [4.78, 5) is 13.4. The summed E-state index contributed by atoms with van der Waals surface area (Å²) in [6, 6.07) is 0. The lowest BCUT2D eigenvalue weighted by atomic mass is 10.2. The summed E-state index contributed by atoms with van der Waals surface area (Å²) in [5.41, 5.74) is 5.72. The molecule has 6 heteroatoms. The molecule has 0 saturated heterocycles. The summed E-state index contributed by atoms with van der Waals surface area (Å²) in [6.07, 6.45) is 0. The number of aromatic nitrogens is 1. The number of nitrogens with zero attached hydrogens (tertiary/aromatic N) is 1. The van der Waals surface area contributed by atoms with Crippen molar-refractivity contribution in [3.8, 4) is 0 Å². The Bertz CT molecular complexity index is 355. The summed E-state index contributed by atoms with van der Waals surface area (Å²) in [7, 11) is -3.62. The Labute approximate surface area is 81.3 Å². The van der Waals surface area contributed by atoms with Crippen LogP contribution in [0.25, 0.3) is 0 Å². The highest BCUT2D eigenvalue weighted by molar-refractivity contribution is 7.70. The molecule has 1 aromatic rings. The molecule has 1 atom stereocenters. The van der Waals surface area contributed by atoms with Crippen molar-refractivity contribution >= 4 is 23.5 Å². The normalized spacial score (nSPS) is 16.2. The van der Waals surface area contributed by atoms with Gasteiger partial charge in [0.05, 0.1) is 10.7 Å². The Balaban J connectivity index is 3.19. The minimum Gasteiger partial charge on any atom is -0.330 e. The Hall–Kier alpha value is -0.220. The molecule has 1 rings (SSSR count). The molecule has 0 aliphatic carbocycles. The van der Waals surface area contributed by atoms with Crippen LogP contribution in [-0.4, -0.2) is 9.88 Å². The molecule has 0 saturated carbocycles. The number of rotatable bonds is 2. The predicted molar refractivity (Wildman–Crippen MR) is 54.6 cm³/mol. The summed E-state index contributed by atoms with van der Waals surface area (Å²) in [6.45, 7) is 5.68. The zero-order chi connectivity index (χ0) is 10.2. The van der Waals surface area contributed by atoms with Crippen LogP contribution in [0.4, 0.5) is 0 Å². The largest absolute Gasteiger partial charge is 0.330 e. The van der Waals surface area contributed by atoms with E-state index in [1.807, 2.05) is 13.8 Å². The van der Waals surface area contributed by atoms with Gasteiger partial charge in [-0.15, -0.1) is 11.3 Å². The van der Waals surface area contributed by atoms with E-state index in [-0.39, 0.29) is 5.92 Å². The fraction of sp³-hybridized carbons (Fsp3) is 0.571. The van der Waals surface area contributed by atoms with Crippen molar-refractivity contribution in [1.82, 2.24) is 4.98 Å². The second-order valence-corrected chi connectivity index (χ2v) is 6.25. The fourth-order valence-electron chi connectivity index (χ4n) is 0.953. The van der Waals surface area contributed by atoms with Gasteiger partial charge in [-0.2, -0.15) is 0 Å². The lowest BCUT2D eigenvalue weighted by molar-refractivity contribution is 0.492. The zero-order valence-electron chi connectivity index (χ0n) is 7.81. The first-order valence-electron chi connectivity index (χ1n) is 3.91. The Morgan fingerprint density at radius 1 is 1.62 bits per heavy atom. The van der Waals surface area contributed by atoms with E-state index in [9.17, 15) is 4.57 Å². The van der Waals surface area contributed by atoms with E-state index in [2.05, 4.69) is 4.98 Å². The van der Waals surface area contributed by atoms with E-state index in [0.717, 1.165) is 5.01 Å². The third kappa shape index (κ3) is 2.38. The van der Waals surface area contributed by atoms with Crippen molar-refractivity contribution in [2.24, 2.45) is 5.50 Å². The van der Waals surface area contributed by atoms with Crippen molar-refractivity contribution in [2.75, 3.05) is 0 Å². The molecule has 1 unspecified atom stereocenters. The van der Waals surface area contributed by atoms with Crippen LogP contribution >= 0.6 is 18.9 Å². The third-order valence-electron chi connectivity index (χ3n) is 1.57. The van der Waals surface area contributed by atoms with E-state index >= 15 is 0 Å². The molecule has 1 heterocycles. The van der Waals surface area contributed by atoms with Crippen LogP contribution in [0.5, 0.6) is 0 Å². The quantitative estimate of drug-likeness (QED) is 0.737. The molecule has 0 spiro atoms. The lowest BCUT2D eigenvalue weighted by Gasteiger charge is -2.00. The number of hydrogen-bond donors (Lipinski definition) is 2. The van der Waals surface area contributed by atoms with Crippen LogP contribution in [0.3, 0.4) is 0 Å². The van der Waals surface area contributed by atoms with E-state index in [0.29, 0.717) is 10.3 Å². The van der Waals surface area contributed by atoms with E-state index < -0.39 is 7.52 Å². The minimum atomic E-state index is -3.62. The number of nitrogens with two attached hydrogens (primary N) is 1. The molecule has 1 aromatic heterocycles. The zero-order valence-corrected chi connectivity index (χ0v) is 9.52. The van der Waals surface area contributed by atoms with Gasteiger partial charge in [-0.3, -0.25) is 10.1 Å². The molecule has 3 N–H and O–H groups in total. The van der Waals surface area contributed by atoms with Gasteiger partial charge in [0.2, 0.25) is 0 Å². The Morgan fingerprint density at radius 3 is 2.38 bits per heavy atom.